The van der Waals surface area contributed by atoms with Gasteiger partial charge in [-0.2, -0.15) is 0 Å². The molecule has 0 saturated carbocycles. The van der Waals surface area contributed by atoms with Gasteiger partial charge in [0.2, 0.25) is 0 Å². The summed E-state index contributed by atoms with van der Waals surface area (Å²) in [4.78, 5) is 10.3. The Labute approximate surface area is 54.9 Å². The van der Waals surface area contributed by atoms with Crippen LogP contribution in [-0.2, 0) is 4.79 Å². The average molecular weight is 128 g/mol. The lowest BCUT2D eigenvalue weighted by molar-refractivity contribution is -0.114. The minimum atomic E-state index is -0.483. The fourth-order valence-electron chi connectivity index (χ4n) is 0.363. The van der Waals surface area contributed by atoms with Gasteiger partial charge in [-0.1, -0.05) is 13.5 Å². The summed E-state index contributed by atoms with van der Waals surface area (Å²) in [5.74, 6) is -0.483. The van der Waals surface area contributed by atoms with Crippen LogP contribution in [0.5, 0.6) is 0 Å². The number of nitrogens with one attached hydrogen (secondary N) is 1. The third kappa shape index (κ3) is 3.58. The molecule has 52 valence electrons. The van der Waals surface area contributed by atoms with Crippen molar-refractivity contribution in [2.45, 2.75) is 13.3 Å². The van der Waals surface area contributed by atoms with Crippen LogP contribution in [0.4, 0.5) is 0 Å². The highest BCUT2D eigenvalue weighted by Crippen LogP contribution is 1.80. The number of carbonyl (C=O) groups excluding carboxylic acids is 1. The summed E-state index contributed by atoms with van der Waals surface area (Å²) in [6.45, 7) is 6.16. The van der Waals surface area contributed by atoms with Crippen LogP contribution in [0.2, 0.25) is 0 Å². The highest BCUT2D eigenvalue weighted by molar-refractivity contribution is 5.90. The van der Waals surface area contributed by atoms with Crippen molar-refractivity contribution >= 4 is 5.91 Å². The molecule has 0 bridgehead atoms. The Morgan fingerprint density at radius 3 is 2.67 bits per heavy atom. The lowest BCUT2D eigenvalue weighted by Crippen LogP contribution is -2.25. The molecule has 0 aliphatic heterocycles. The van der Waals surface area contributed by atoms with Crippen LogP contribution < -0.4 is 11.1 Å². The van der Waals surface area contributed by atoms with Crippen molar-refractivity contribution in [3.63, 3.8) is 0 Å². The molecule has 0 unspecified atom stereocenters. The summed E-state index contributed by atoms with van der Waals surface area (Å²) in [5, 5.41) is 2.76. The summed E-state index contributed by atoms with van der Waals surface area (Å²) in [6, 6.07) is 0. The number of rotatable bonds is 4. The Morgan fingerprint density at radius 1 is 1.78 bits per heavy atom. The Balaban J connectivity index is 3.39. The van der Waals surface area contributed by atoms with Crippen molar-refractivity contribution in [1.29, 1.82) is 0 Å². The van der Waals surface area contributed by atoms with Crippen LogP contribution in [-0.4, -0.2) is 12.5 Å². The third-order valence-corrected chi connectivity index (χ3v) is 0.886. The van der Waals surface area contributed by atoms with Crippen LogP contribution in [0, 0.1) is 0 Å². The maximum absolute atomic E-state index is 10.3. The van der Waals surface area contributed by atoms with Crippen molar-refractivity contribution in [2.24, 2.45) is 5.73 Å². The maximum atomic E-state index is 10.3. The molecule has 3 nitrogen and oxygen atoms in total. The fraction of sp³-hybridized carbons (Fsp3) is 0.500. The smallest absolute Gasteiger partial charge is 0.264 e. The van der Waals surface area contributed by atoms with Crippen molar-refractivity contribution in [1.82, 2.24) is 5.32 Å². The molecule has 0 fully saturated rings. The van der Waals surface area contributed by atoms with Gasteiger partial charge < -0.3 is 11.1 Å². The standard InChI is InChI=1S/C6H12N2O/c1-3-4-8-5(2)6(7)9/h8H,2-4H2,1H3,(H2,7,9). The Bertz CT molecular complexity index is 120. The molecular formula is C6H12N2O. The molecule has 0 aliphatic carbocycles. The lowest BCUT2D eigenvalue weighted by atomic mass is 10.4. The van der Waals surface area contributed by atoms with E-state index in [4.69, 9.17) is 5.73 Å². The Kier molecular flexibility index (Phi) is 3.51. The zero-order valence-corrected chi connectivity index (χ0v) is 5.61. The highest BCUT2D eigenvalue weighted by atomic mass is 16.1. The predicted molar refractivity (Wildman–Crippen MR) is 36.6 cm³/mol. The van der Waals surface area contributed by atoms with E-state index in [0.29, 0.717) is 0 Å². The second-order valence-corrected chi connectivity index (χ2v) is 1.77. The van der Waals surface area contributed by atoms with E-state index in [1.54, 1.807) is 0 Å². The first-order chi connectivity index (χ1) is 4.18. The van der Waals surface area contributed by atoms with E-state index < -0.39 is 5.91 Å². The van der Waals surface area contributed by atoms with Crippen LogP contribution in [0.25, 0.3) is 0 Å². The first kappa shape index (κ1) is 8.01. The largest absolute Gasteiger partial charge is 0.381 e. The Morgan fingerprint density at radius 2 is 2.33 bits per heavy atom. The van der Waals surface area contributed by atoms with Crippen molar-refractivity contribution in [2.75, 3.05) is 6.54 Å². The lowest BCUT2D eigenvalue weighted by Gasteiger charge is -2.01. The number of primary amides is 1. The maximum Gasteiger partial charge on any atom is 0.264 e. The van der Waals surface area contributed by atoms with Gasteiger partial charge in [-0.05, 0) is 6.42 Å². The van der Waals surface area contributed by atoms with E-state index >= 15 is 0 Å². The molecule has 0 aliphatic rings. The molecule has 3 heteroatoms. The monoisotopic (exact) mass is 128 g/mol. The van der Waals surface area contributed by atoms with Gasteiger partial charge in [0.1, 0.15) is 0 Å². The van der Waals surface area contributed by atoms with Crippen LogP contribution >= 0.6 is 0 Å². The van der Waals surface area contributed by atoms with Gasteiger partial charge in [0.25, 0.3) is 5.91 Å². The average Bonchev–Trinajstić information content (AvgIpc) is 1.82. The molecular weight excluding hydrogens is 116 g/mol. The first-order valence-electron chi connectivity index (χ1n) is 2.91. The van der Waals surface area contributed by atoms with E-state index in [2.05, 4.69) is 11.9 Å². The number of amides is 1. The molecule has 1 amide bonds. The van der Waals surface area contributed by atoms with Crippen molar-refractivity contribution in [3.8, 4) is 0 Å². The quantitative estimate of drug-likeness (QED) is 0.523. The SMILES string of the molecule is C=C(NCCC)C(N)=O. The van der Waals surface area contributed by atoms with Crippen LogP contribution in [0.15, 0.2) is 12.3 Å². The van der Waals surface area contributed by atoms with Gasteiger partial charge in [0, 0.05) is 6.54 Å². The molecule has 0 aromatic carbocycles. The highest BCUT2D eigenvalue weighted by Gasteiger charge is 1.96. The molecule has 0 aromatic heterocycles. The molecule has 3 N–H and O–H groups in total. The number of hydrogen-bond acceptors (Lipinski definition) is 2. The summed E-state index contributed by atoms with van der Waals surface area (Å²) >= 11 is 0. The van der Waals surface area contributed by atoms with E-state index in [1.165, 1.54) is 0 Å². The van der Waals surface area contributed by atoms with Crippen LogP contribution in [0.1, 0.15) is 13.3 Å². The number of carbonyl (C=O) groups is 1. The fourth-order valence-corrected chi connectivity index (χ4v) is 0.363. The second-order valence-electron chi connectivity index (χ2n) is 1.77. The van der Waals surface area contributed by atoms with Gasteiger partial charge in [0.05, 0.1) is 5.70 Å². The Hall–Kier alpha value is -0.990. The zero-order valence-electron chi connectivity index (χ0n) is 5.61. The zero-order chi connectivity index (χ0) is 7.28. The van der Waals surface area contributed by atoms with Crippen molar-refractivity contribution in [3.05, 3.63) is 12.3 Å². The van der Waals surface area contributed by atoms with E-state index in [1.807, 2.05) is 6.92 Å². The molecule has 0 spiro atoms. The molecule has 0 radical (unpaired) electrons. The normalized spacial score (nSPS) is 8.56. The van der Waals surface area contributed by atoms with E-state index in [9.17, 15) is 4.79 Å². The van der Waals surface area contributed by atoms with E-state index in [0.717, 1.165) is 13.0 Å². The molecule has 0 heterocycles. The van der Waals surface area contributed by atoms with Gasteiger partial charge >= 0.3 is 0 Å². The minimum absolute atomic E-state index is 0.289. The molecule has 0 aromatic rings. The summed E-state index contributed by atoms with van der Waals surface area (Å²) in [6.07, 6.45) is 0.965. The molecule has 0 atom stereocenters. The minimum Gasteiger partial charge on any atom is -0.381 e. The molecule has 9 heavy (non-hydrogen) atoms. The van der Waals surface area contributed by atoms with Crippen LogP contribution in [0.3, 0.4) is 0 Å². The summed E-state index contributed by atoms with van der Waals surface area (Å²) in [7, 11) is 0. The molecule has 0 saturated heterocycles. The van der Waals surface area contributed by atoms with Gasteiger partial charge in [-0.25, -0.2) is 0 Å². The predicted octanol–water partition coefficient (Wildman–Crippen LogP) is -0.0150. The third-order valence-electron chi connectivity index (χ3n) is 0.886. The molecule has 0 rings (SSSR count). The summed E-state index contributed by atoms with van der Waals surface area (Å²) < 4.78 is 0. The number of nitrogens with two attached hydrogens (primary N) is 1. The second kappa shape index (κ2) is 3.95. The topological polar surface area (TPSA) is 55.1 Å². The van der Waals surface area contributed by atoms with Crippen molar-refractivity contribution < 1.29 is 4.79 Å². The number of hydrogen-bond donors (Lipinski definition) is 2. The summed E-state index contributed by atoms with van der Waals surface area (Å²) in [5.41, 5.74) is 5.16. The van der Waals surface area contributed by atoms with Gasteiger partial charge in [-0.15, -0.1) is 0 Å². The van der Waals surface area contributed by atoms with Gasteiger partial charge in [0.15, 0.2) is 0 Å². The van der Waals surface area contributed by atoms with Gasteiger partial charge in [-0.3, -0.25) is 4.79 Å². The first-order valence-corrected chi connectivity index (χ1v) is 2.91. The van der Waals surface area contributed by atoms with E-state index in [-0.39, 0.29) is 5.70 Å².